The van der Waals surface area contributed by atoms with Crippen molar-refractivity contribution in [3.63, 3.8) is 0 Å². The van der Waals surface area contributed by atoms with E-state index in [1.165, 1.54) is 12.5 Å². The van der Waals surface area contributed by atoms with Crippen LogP contribution in [0.5, 0.6) is 0 Å². The van der Waals surface area contributed by atoms with Crippen molar-refractivity contribution in [2.24, 2.45) is 5.73 Å². The number of benzene rings is 1. The van der Waals surface area contributed by atoms with Gasteiger partial charge in [-0.1, -0.05) is 6.07 Å². The SMILES string of the molecule is CC(=O)Nc1ccc(C)c(NC2CCC(N)C2)c1. The lowest BCUT2D eigenvalue weighted by molar-refractivity contribution is -0.114. The fourth-order valence-electron chi connectivity index (χ4n) is 2.43. The minimum Gasteiger partial charge on any atom is -0.382 e. The van der Waals surface area contributed by atoms with Gasteiger partial charge in [0.2, 0.25) is 5.91 Å². The maximum Gasteiger partial charge on any atom is 0.221 e. The van der Waals surface area contributed by atoms with Crippen LogP contribution in [0.25, 0.3) is 0 Å². The normalized spacial score (nSPS) is 22.8. The quantitative estimate of drug-likeness (QED) is 0.767. The summed E-state index contributed by atoms with van der Waals surface area (Å²) in [6.45, 7) is 3.58. The van der Waals surface area contributed by atoms with Crippen LogP contribution >= 0.6 is 0 Å². The van der Waals surface area contributed by atoms with Crippen LogP contribution in [0, 0.1) is 6.92 Å². The van der Waals surface area contributed by atoms with Crippen LogP contribution in [-0.4, -0.2) is 18.0 Å². The van der Waals surface area contributed by atoms with Gasteiger partial charge in [0.15, 0.2) is 0 Å². The number of rotatable bonds is 3. The molecule has 0 saturated heterocycles. The van der Waals surface area contributed by atoms with E-state index < -0.39 is 0 Å². The first-order valence-electron chi connectivity index (χ1n) is 6.45. The van der Waals surface area contributed by atoms with Crippen molar-refractivity contribution in [3.05, 3.63) is 23.8 Å². The van der Waals surface area contributed by atoms with Crippen LogP contribution in [0.2, 0.25) is 0 Å². The van der Waals surface area contributed by atoms with Gasteiger partial charge >= 0.3 is 0 Å². The fraction of sp³-hybridized carbons (Fsp3) is 0.500. The van der Waals surface area contributed by atoms with Crippen molar-refractivity contribution in [1.29, 1.82) is 0 Å². The molecule has 2 atom stereocenters. The van der Waals surface area contributed by atoms with Crippen molar-refractivity contribution in [1.82, 2.24) is 0 Å². The molecule has 1 aliphatic rings. The summed E-state index contributed by atoms with van der Waals surface area (Å²) in [6, 6.07) is 6.69. The number of anilines is 2. The minimum absolute atomic E-state index is 0.0484. The van der Waals surface area contributed by atoms with Crippen LogP contribution in [0.1, 0.15) is 31.7 Å². The third-order valence-electron chi connectivity index (χ3n) is 3.39. The molecule has 1 aromatic rings. The molecule has 98 valence electrons. The van der Waals surface area contributed by atoms with Crippen LogP contribution in [-0.2, 0) is 4.79 Å². The van der Waals surface area contributed by atoms with Gasteiger partial charge in [0.05, 0.1) is 0 Å². The molecule has 2 rings (SSSR count). The molecule has 1 amide bonds. The number of hydrogen-bond acceptors (Lipinski definition) is 3. The molecule has 1 saturated carbocycles. The highest BCUT2D eigenvalue weighted by Crippen LogP contribution is 2.26. The molecule has 0 heterocycles. The van der Waals surface area contributed by atoms with Crippen molar-refractivity contribution in [2.45, 2.75) is 45.2 Å². The van der Waals surface area contributed by atoms with E-state index in [1.807, 2.05) is 18.2 Å². The highest BCUT2D eigenvalue weighted by molar-refractivity contribution is 5.89. The van der Waals surface area contributed by atoms with E-state index in [0.717, 1.165) is 30.6 Å². The van der Waals surface area contributed by atoms with Gasteiger partial charge < -0.3 is 16.4 Å². The predicted molar refractivity (Wildman–Crippen MR) is 74.7 cm³/mol. The Balaban J connectivity index is 2.08. The van der Waals surface area contributed by atoms with E-state index in [4.69, 9.17) is 5.73 Å². The van der Waals surface area contributed by atoms with Crippen molar-refractivity contribution < 1.29 is 4.79 Å². The maximum absolute atomic E-state index is 11.0. The second kappa shape index (κ2) is 5.40. The average molecular weight is 247 g/mol. The van der Waals surface area contributed by atoms with Crippen molar-refractivity contribution >= 4 is 17.3 Å². The number of nitrogens with one attached hydrogen (secondary N) is 2. The van der Waals surface area contributed by atoms with Gasteiger partial charge in [0, 0.05) is 30.4 Å². The zero-order valence-corrected chi connectivity index (χ0v) is 11.0. The molecule has 0 bridgehead atoms. The second-order valence-corrected chi connectivity index (χ2v) is 5.13. The summed E-state index contributed by atoms with van der Waals surface area (Å²) >= 11 is 0. The molecule has 0 radical (unpaired) electrons. The summed E-state index contributed by atoms with van der Waals surface area (Å²) in [7, 11) is 0. The highest BCUT2D eigenvalue weighted by atomic mass is 16.1. The van der Waals surface area contributed by atoms with Gasteiger partial charge in [-0.3, -0.25) is 4.79 Å². The molecular weight excluding hydrogens is 226 g/mol. The minimum atomic E-state index is -0.0484. The molecule has 4 nitrogen and oxygen atoms in total. The molecule has 0 spiro atoms. The molecule has 18 heavy (non-hydrogen) atoms. The fourth-order valence-corrected chi connectivity index (χ4v) is 2.43. The Hall–Kier alpha value is -1.55. The van der Waals surface area contributed by atoms with Crippen LogP contribution in [0.15, 0.2) is 18.2 Å². The van der Waals surface area contributed by atoms with E-state index in [9.17, 15) is 4.79 Å². The molecule has 0 aliphatic heterocycles. The number of carbonyl (C=O) groups is 1. The summed E-state index contributed by atoms with van der Waals surface area (Å²) in [6.07, 6.45) is 3.22. The van der Waals surface area contributed by atoms with Gasteiger partial charge in [-0.15, -0.1) is 0 Å². The smallest absolute Gasteiger partial charge is 0.221 e. The Labute approximate surface area is 108 Å². The molecular formula is C14H21N3O. The Morgan fingerprint density at radius 1 is 1.39 bits per heavy atom. The predicted octanol–water partition coefficient (Wildman–Crippen LogP) is 2.25. The molecule has 1 aliphatic carbocycles. The molecule has 1 fully saturated rings. The molecule has 2 unspecified atom stereocenters. The summed E-state index contributed by atoms with van der Waals surface area (Å²) < 4.78 is 0. The number of aryl methyl sites for hydroxylation is 1. The van der Waals surface area contributed by atoms with Crippen LogP contribution in [0.4, 0.5) is 11.4 Å². The van der Waals surface area contributed by atoms with E-state index in [0.29, 0.717) is 12.1 Å². The van der Waals surface area contributed by atoms with Crippen LogP contribution < -0.4 is 16.4 Å². The molecule has 0 aromatic heterocycles. The first-order valence-corrected chi connectivity index (χ1v) is 6.45. The average Bonchev–Trinajstić information content (AvgIpc) is 2.68. The summed E-state index contributed by atoms with van der Waals surface area (Å²) in [5.41, 5.74) is 9.02. The van der Waals surface area contributed by atoms with Gasteiger partial charge in [0.25, 0.3) is 0 Å². The Morgan fingerprint density at radius 2 is 2.17 bits per heavy atom. The lowest BCUT2D eigenvalue weighted by Gasteiger charge is -2.17. The molecule has 4 heteroatoms. The first-order chi connectivity index (χ1) is 8.54. The number of hydrogen-bond donors (Lipinski definition) is 3. The van der Waals surface area contributed by atoms with Gasteiger partial charge in [0.1, 0.15) is 0 Å². The Bertz CT molecular complexity index is 445. The number of amides is 1. The second-order valence-electron chi connectivity index (χ2n) is 5.13. The monoisotopic (exact) mass is 247 g/mol. The Morgan fingerprint density at radius 3 is 2.78 bits per heavy atom. The lowest BCUT2D eigenvalue weighted by atomic mass is 10.1. The summed E-state index contributed by atoms with van der Waals surface area (Å²) in [5.74, 6) is -0.0484. The first kappa shape index (κ1) is 12.9. The van der Waals surface area contributed by atoms with Crippen molar-refractivity contribution in [2.75, 3.05) is 10.6 Å². The standard InChI is InChI=1S/C14H21N3O/c1-9-3-5-13(16-10(2)18)8-14(9)17-12-6-4-11(15)7-12/h3,5,8,11-12,17H,4,6-7,15H2,1-2H3,(H,16,18). The largest absolute Gasteiger partial charge is 0.382 e. The van der Waals surface area contributed by atoms with E-state index >= 15 is 0 Å². The highest BCUT2D eigenvalue weighted by Gasteiger charge is 2.21. The zero-order valence-electron chi connectivity index (χ0n) is 11.0. The number of nitrogens with two attached hydrogens (primary N) is 1. The van der Waals surface area contributed by atoms with E-state index in [2.05, 4.69) is 17.6 Å². The van der Waals surface area contributed by atoms with Crippen molar-refractivity contribution in [3.8, 4) is 0 Å². The maximum atomic E-state index is 11.0. The summed E-state index contributed by atoms with van der Waals surface area (Å²) in [4.78, 5) is 11.0. The number of carbonyl (C=O) groups excluding carboxylic acids is 1. The third kappa shape index (κ3) is 3.23. The van der Waals surface area contributed by atoms with Crippen LogP contribution in [0.3, 0.4) is 0 Å². The zero-order chi connectivity index (χ0) is 13.1. The van der Waals surface area contributed by atoms with E-state index in [-0.39, 0.29) is 5.91 Å². The van der Waals surface area contributed by atoms with Gasteiger partial charge in [-0.05, 0) is 43.9 Å². The topological polar surface area (TPSA) is 67.2 Å². The van der Waals surface area contributed by atoms with Gasteiger partial charge in [-0.25, -0.2) is 0 Å². The third-order valence-corrected chi connectivity index (χ3v) is 3.39. The molecule has 1 aromatic carbocycles. The molecule has 4 N–H and O–H groups in total. The van der Waals surface area contributed by atoms with E-state index in [1.54, 1.807) is 0 Å². The lowest BCUT2D eigenvalue weighted by Crippen LogP contribution is -2.21. The summed E-state index contributed by atoms with van der Waals surface area (Å²) in [5, 5.41) is 6.32. The Kier molecular flexibility index (Phi) is 3.87. The van der Waals surface area contributed by atoms with Gasteiger partial charge in [-0.2, -0.15) is 0 Å².